The molecule has 1 aliphatic rings. The van der Waals surface area contributed by atoms with Gasteiger partial charge in [0.05, 0.1) is 19.1 Å². The molecule has 9 heteroatoms. The highest BCUT2D eigenvalue weighted by atomic mass is 79.9. The lowest BCUT2D eigenvalue weighted by Crippen LogP contribution is -2.53. The maximum Gasteiger partial charge on any atom is 0.328 e. The number of carbonyl (C=O) groups is 2. The third-order valence-electron chi connectivity index (χ3n) is 4.84. The number of ether oxygens (including phenoxy) is 1. The van der Waals surface area contributed by atoms with Crippen LogP contribution in [-0.2, 0) is 16.0 Å². The summed E-state index contributed by atoms with van der Waals surface area (Å²) >= 11 is 3.26. The van der Waals surface area contributed by atoms with E-state index in [4.69, 9.17) is 4.74 Å². The number of carbonyl (C=O) groups excluding carboxylic acids is 2. The number of hydrogen-bond donors (Lipinski definition) is 2. The Morgan fingerprint density at radius 2 is 2.18 bits per heavy atom. The summed E-state index contributed by atoms with van der Waals surface area (Å²) in [6, 6.07) is 2.75. The number of hydrogen-bond acceptors (Lipinski definition) is 4. The molecule has 0 saturated heterocycles. The Bertz CT molecular complexity index is 886. The molecule has 2 aromatic rings. The van der Waals surface area contributed by atoms with E-state index in [2.05, 4.69) is 31.2 Å². The van der Waals surface area contributed by atoms with Crippen molar-refractivity contribution in [3.63, 3.8) is 0 Å². The fourth-order valence-corrected chi connectivity index (χ4v) is 3.71. The highest BCUT2D eigenvalue weighted by molar-refractivity contribution is 9.10. The predicted molar refractivity (Wildman–Crippen MR) is 104 cm³/mol. The molecule has 1 aliphatic heterocycles. The molecule has 0 saturated carbocycles. The first kappa shape index (κ1) is 20.3. The van der Waals surface area contributed by atoms with Crippen molar-refractivity contribution in [1.82, 2.24) is 20.2 Å². The summed E-state index contributed by atoms with van der Waals surface area (Å²) in [6.45, 7) is 3.98. The van der Waals surface area contributed by atoms with Crippen LogP contribution in [0, 0.1) is 11.7 Å². The van der Waals surface area contributed by atoms with Gasteiger partial charge >= 0.3 is 12.0 Å². The zero-order chi connectivity index (χ0) is 20.4. The molecule has 7 nitrogen and oxygen atoms in total. The van der Waals surface area contributed by atoms with Crippen molar-refractivity contribution in [2.75, 3.05) is 13.7 Å². The number of urea groups is 1. The summed E-state index contributed by atoms with van der Waals surface area (Å²) in [5, 5.41) is 2.73. The Hall–Kier alpha value is -2.42. The van der Waals surface area contributed by atoms with E-state index in [1.165, 1.54) is 18.1 Å². The number of aromatic nitrogens is 2. The molecule has 0 fully saturated rings. The Labute approximate surface area is 170 Å². The predicted octanol–water partition coefficient (Wildman–Crippen LogP) is 3.17. The van der Waals surface area contributed by atoms with Crippen LogP contribution in [0.15, 0.2) is 29.0 Å². The van der Waals surface area contributed by atoms with Gasteiger partial charge in [0.2, 0.25) is 0 Å². The number of benzene rings is 1. The van der Waals surface area contributed by atoms with Gasteiger partial charge in [0.15, 0.2) is 0 Å². The summed E-state index contributed by atoms with van der Waals surface area (Å²) in [5.41, 5.74) is 1.80. The van der Waals surface area contributed by atoms with E-state index < -0.39 is 29.9 Å². The summed E-state index contributed by atoms with van der Waals surface area (Å²) in [7, 11) is 1.28. The Morgan fingerprint density at radius 3 is 2.82 bits per heavy atom. The lowest BCUT2D eigenvalue weighted by atomic mass is 9.95. The lowest BCUT2D eigenvalue weighted by molar-refractivity contribution is -0.144. The van der Waals surface area contributed by atoms with Gasteiger partial charge in [0.25, 0.3) is 0 Å². The van der Waals surface area contributed by atoms with Crippen molar-refractivity contribution in [2.24, 2.45) is 5.92 Å². The second-order valence-corrected chi connectivity index (χ2v) is 7.89. The van der Waals surface area contributed by atoms with Gasteiger partial charge in [0, 0.05) is 28.7 Å². The van der Waals surface area contributed by atoms with Gasteiger partial charge in [-0.05, 0) is 18.1 Å². The minimum Gasteiger partial charge on any atom is -0.467 e. The maximum absolute atomic E-state index is 14.7. The van der Waals surface area contributed by atoms with Crippen LogP contribution in [0.5, 0.6) is 0 Å². The van der Waals surface area contributed by atoms with E-state index in [-0.39, 0.29) is 5.92 Å². The maximum atomic E-state index is 14.7. The molecule has 3 rings (SSSR count). The third-order valence-corrected chi connectivity index (χ3v) is 5.34. The number of H-pyrrole nitrogens is 1. The number of methoxy groups -OCH3 is 1. The molecule has 2 amide bonds. The molecule has 0 aliphatic carbocycles. The van der Waals surface area contributed by atoms with E-state index in [1.54, 1.807) is 18.5 Å². The number of halogens is 2. The number of nitrogens with zero attached hydrogens (tertiary/aromatic N) is 2. The lowest BCUT2D eigenvalue weighted by Gasteiger charge is -2.36. The number of nitrogens with one attached hydrogen (secondary N) is 2. The summed E-state index contributed by atoms with van der Waals surface area (Å²) in [6.07, 6.45) is 2.10. The average Bonchev–Trinajstić information content (AvgIpc) is 3.13. The van der Waals surface area contributed by atoms with Gasteiger partial charge < -0.3 is 19.9 Å². The molecule has 28 heavy (non-hydrogen) atoms. The van der Waals surface area contributed by atoms with Gasteiger partial charge in [-0.1, -0.05) is 35.8 Å². The van der Waals surface area contributed by atoms with Gasteiger partial charge in [-0.25, -0.2) is 19.0 Å². The van der Waals surface area contributed by atoms with Crippen LogP contribution in [0.4, 0.5) is 9.18 Å². The number of imidazole rings is 1. The number of aromatic amines is 1. The second kappa shape index (κ2) is 8.30. The summed E-state index contributed by atoms with van der Waals surface area (Å²) < 4.78 is 20.1. The minimum absolute atomic E-state index is 0.162. The molecule has 0 bridgehead atoms. The Morgan fingerprint density at radius 1 is 1.43 bits per heavy atom. The van der Waals surface area contributed by atoms with Crippen molar-refractivity contribution in [1.29, 1.82) is 0 Å². The molecule has 0 spiro atoms. The van der Waals surface area contributed by atoms with E-state index in [9.17, 15) is 14.0 Å². The molecule has 150 valence electrons. The van der Waals surface area contributed by atoms with Gasteiger partial charge in [-0.15, -0.1) is 0 Å². The van der Waals surface area contributed by atoms with Crippen LogP contribution in [0.25, 0.3) is 0 Å². The van der Waals surface area contributed by atoms with Gasteiger partial charge in [-0.2, -0.15) is 0 Å². The fraction of sp³-hybridized carbons (Fsp3) is 0.421. The van der Waals surface area contributed by atoms with Crippen LogP contribution >= 0.6 is 15.9 Å². The quantitative estimate of drug-likeness (QED) is 0.697. The first-order valence-corrected chi connectivity index (χ1v) is 9.74. The highest BCUT2D eigenvalue weighted by Gasteiger charge is 2.37. The van der Waals surface area contributed by atoms with Crippen LogP contribution in [0.2, 0.25) is 0 Å². The highest BCUT2D eigenvalue weighted by Crippen LogP contribution is 2.35. The van der Waals surface area contributed by atoms with Gasteiger partial charge in [0.1, 0.15) is 17.9 Å². The first-order valence-electron chi connectivity index (χ1n) is 8.95. The fourth-order valence-electron chi connectivity index (χ4n) is 3.37. The molecule has 2 heterocycles. The molecule has 0 unspecified atom stereocenters. The largest absolute Gasteiger partial charge is 0.467 e. The Kier molecular flexibility index (Phi) is 6.02. The molecule has 2 N–H and O–H groups in total. The standard InChI is InChI=1S/C19H22BrFN4O3/c1-10(2)15(18(26)28-3)24-19(27)25-7-6-14-16(23-9-22-14)17(25)12-5-4-11(20)8-13(12)21/h4-5,8-10,15,17H,6-7H2,1-3H3,(H,22,23)(H,24,27)/t15-,17+/m1/s1. The second-order valence-electron chi connectivity index (χ2n) is 6.97. The smallest absolute Gasteiger partial charge is 0.328 e. The molecule has 1 aromatic carbocycles. The molecule has 0 radical (unpaired) electrons. The van der Waals surface area contributed by atoms with Crippen LogP contribution < -0.4 is 5.32 Å². The SMILES string of the molecule is COC(=O)[C@H](NC(=O)N1CCc2[nH]cnc2[C@@H]1c1ccc(Br)cc1F)C(C)C. The van der Waals surface area contributed by atoms with E-state index in [0.29, 0.717) is 28.7 Å². The van der Waals surface area contributed by atoms with E-state index >= 15 is 0 Å². The first-order chi connectivity index (χ1) is 13.3. The van der Waals surface area contributed by atoms with Crippen molar-refractivity contribution >= 4 is 27.9 Å². The zero-order valence-electron chi connectivity index (χ0n) is 15.8. The van der Waals surface area contributed by atoms with Crippen LogP contribution in [0.3, 0.4) is 0 Å². The average molecular weight is 453 g/mol. The number of esters is 1. The van der Waals surface area contributed by atoms with Crippen molar-refractivity contribution < 1.29 is 18.7 Å². The molecular formula is C19H22BrFN4O3. The summed E-state index contributed by atoms with van der Waals surface area (Å²) in [4.78, 5) is 34.0. The Balaban J connectivity index is 1.96. The van der Waals surface area contributed by atoms with E-state index in [0.717, 1.165) is 5.69 Å². The molecule has 1 aromatic heterocycles. The van der Waals surface area contributed by atoms with Crippen LogP contribution in [-0.4, -0.2) is 46.6 Å². The normalized spacial score (nSPS) is 17.2. The molecule has 2 atom stereocenters. The van der Waals surface area contributed by atoms with Crippen LogP contribution in [0.1, 0.15) is 36.8 Å². The summed E-state index contributed by atoms with van der Waals surface area (Å²) in [5.74, 6) is -1.13. The topological polar surface area (TPSA) is 87.3 Å². The number of amides is 2. The van der Waals surface area contributed by atoms with Crippen molar-refractivity contribution in [2.45, 2.75) is 32.4 Å². The molecular weight excluding hydrogens is 431 g/mol. The van der Waals surface area contributed by atoms with Gasteiger partial charge in [-0.3, -0.25) is 0 Å². The third kappa shape index (κ3) is 3.89. The number of rotatable bonds is 4. The van der Waals surface area contributed by atoms with E-state index in [1.807, 2.05) is 13.8 Å². The van der Waals surface area contributed by atoms with Crippen molar-refractivity contribution in [3.05, 3.63) is 51.8 Å². The minimum atomic E-state index is -0.798. The van der Waals surface area contributed by atoms with Crippen molar-refractivity contribution in [3.8, 4) is 0 Å². The zero-order valence-corrected chi connectivity index (χ0v) is 17.4. The number of fused-ring (bicyclic) bond motifs is 1. The monoisotopic (exact) mass is 452 g/mol.